The summed E-state index contributed by atoms with van der Waals surface area (Å²) in [5, 5.41) is 30.5. The molecule has 0 bridgehead atoms. The quantitative estimate of drug-likeness (QED) is 0.229. The van der Waals surface area contributed by atoms with Crippen molar-refractivity contribution >= 4 is 55.3 Å². The molecule has 0 spiro atoms. The minimum Gasteiger partial charge on any atom is -0.383 e. The summed E-state index contributed by atoms with van der Waals surface area (Å²) < 4.78 is 3.07. The van der Waals surface area contributed by atoms with Gasteiger partial charge in [-0.05, 0) is 47.4 Å². The highest BCUT2D eigenvalue weighted by atomic mass is 35.5. The van der Waals surface area contributed by atoms with Crippen LogP contribution in [0.3, 0.4) is 0 Å². The van der Waals surface area contributed by atoms with E-state index in [0.717, 1.165) is 50.9 Å². The number of fused-ring (bicyclic) bond motifs is 2. The van der Waals surface area contributed by atoms with Gasteiger partial charge in [0, 0.05) is 41.6 Å². The van der Waals surface area contributed by atoms with Crippen LogP contribution in [0.1, 0.15) is 62.5 Å². The second kappa shape index (κ2) is 9.53. The summed E-state index contributed by atoms with van der Waals surface area (Å²) >= 11 is 8.43. The molecule has 4 heterocycles. The summed E-state index contributed by atoms with van der Waals surface area (Å²) in [6.45, 7) is 7.14. The number of aromatic nitrogens is 5. The predicted molar refractivity (Wildman–Crippen MR) is 153 cm³/mol. The Morgan fingerprint density at radius 1 is 1.24 bits per heavy atom. The molecule has 38 heavy (non-hydrogen) atoms. The minimum atomic E-state index is -0.259. The van der Waals surface area contributed by atoms with E-state index in [-0.39, 0.29) is 11.5 Å². The minimum absolute atomic E-state index is 0.0231. The molecule has 5 aromatic rings. The maximum Gasteiger partial charge on any atom is 0.110 e. The molecular formula is C28H27ClN8S. The third-order valence-corrected chi connectivity index (χ3v) is 7.86. The molecule has 1 atom stereocenters. The molecule has 6 rings (SSSR count). The SMILES string of the molecule is CC(C)(C)CNc1c(C#N)cnc2c(Cl)cc(N[C@H](c3cn(C4CC4)nn3)c3csc4cnccc34)cc12. The largest absolute Gasteiger partial charge is 0.383 e. The van der Waals surface area contributed by atoms with Crippen molar-refractivity contribution in [2.75, 3.05) is 17.2 Å². The molecule has 0 unspecified atom stereocenters. The average molecular weight is 543 g/mol. The number of rotatable bonds is 7. The smallest absolute Gasteiger partial charge is 0.110 e. The van der Waals surface area contributed by atoms with Crippen molar-refractivity contribution in [1.29, 1.82) is 5.26 Å². The lowest BCUT2D eigenvalue weighted by Crippen LogP contribution is -2.20. The third-order valence-electron chi connectivity index (χ3n) is 6.62. The van der Waals surface area contributed by atoms with Crippen LogP contribution in [0.2, 0.25) is 5.02 Å². The van der Waals surface area contributed by atoms with Crippen molar-refractivity contribution in [1.82, 2.24) is 25.0 Å². The van der Waals surface area contributed by atoms with Gasteiger partial charge in [-0.2, -0.15) is 5.26 Å². The van der Waals surface area contributed by atoms with Gasteiger partial charge in [-0.25, -0.2) is 4.68 Å². The van der Waals surface area contributed by atoms with E-state index in [4.69, 9.17) is 11.6 Å². The molecule has 0 amide bonds. The van der Waals surface area contributed by atoms with Gasteiger partial charge in [0.2, 0.25) is 0 Å². The summed E-state index contributed by atoms with van der Waals surface area (Å²) in [7, 11) is 0. The zero-order chi connectivity index (χ0) is 26.4. The highest BCUT2D eigenvalue weighted by molar-refractivity contribution is 7.17. The van der Waals surface area contributed by atoms with Crippen molar-refractivity contribution in [2.45, 2.75) is 45.7 Å². The number of nitriles is 1. The van der Waals surface area contributed by atoms with Crippen LogP contribution in [0.4, 0.5) is 11.4 Å². The molecule has 1 fully saturated rings. The monoisotopic (exact) mass is 542 g/mol. The maximum absolute atomic E-state index is 9.82. The maximum atomic E-state index is 9.82. The Morgan fingerprint density at radius 2 is 2.08 bits per heavy atom. The normalized spacial score (nSPS) is 14.5. The molecule has 8 nitrogen and oxygen atoms in total. The van der Waals surface area contributed by atoms with Gasteiger partial charge in [0.1, 0.15) is 11.8 Å². The van der Waals surface area contributed by atoms with Gasteiger partial charge in [0.15, 0.2) is 0 Å². The van der Waals surface area contributed by atoms with Crippen molar-refractivity contribution < 1.29 is 0 Å². The summed E-state index contributed by atoms with van der Waals surface area (Å²) in [5.74, 6) is 0. The number of pyridine rings is 2. The molecule has 0 saturated heterocycles. The lowest BCUT2D eigenvalue weighted by atomic mass is 9.96. The zero-order valence-electron chi connectivity index (χ0n) is 21.4. The first-order valence-electron chi connectivity index (χ1n) is 12.6. The van der Waals surface area contributed by atoms with Gasteiger partial charge >= 0.3 is 0 Å². The number of benzene rings is 1. The van der Waals surface area contributed by atoms with E-state index in [0.29, 0.717) is 28.7 Å². The Bertz CT molecular complexity index is 1690. The number of hydrogen-bond acceptors (Lipinski definition) is 8. The first kappa shape index (κ1) is 24.6. The molecule has 0 radical (unpaired) electrons. The van der Waals surface area contributed by atoms with E-state index in [1.165, 1.54) is 0 Å². The molecule has 2 N–H and O–H groups in total. The summed E-state index contributed by atoms with van der Waals surface area (Å²) in [4.78, 5) is 8.79. The Hall–Kier alpha value is -3.74. The van der Waals surface area contributed by atoms with Crippen molar-refractivity contribution in [3.05, 3.63) is 70.2 Å². The van der Waals surface area contributed by atoms with Crippen LogP contribution in [-0.4, -0.2) is 31.5 Å². The first-order valence-corrected chi connectivity index (χ1v) is 13.8. The van der Waals surface area contributed by atoms with Crippen LogP contribution in [0.15, 0.2) is 48.4 Å². The van der Waals surface area contributed by atoms with Crippen molar-refractivity contribution in [2.24, 2.45) is 5.41 Å². The first-order chi connectivity index (χ1) is 18.3. The topological polar surface area (TPSA) is 104 Å². The van der Waals surface area contributed by atoms with Gasteiger partial charge in [-0.3, -0.25) is 9.97 Å². The average Bonchev–Trinajstić information content (AvgIpc) is 3.47. The predicted octanol–water partition coefficient (Wildman–Crippen LogP) is 6.96. The number of thiophene rings is 1. The second-order valence-electron chi connectivity index (χ2n) is 10.9. The van der Waals surface area contributed by atoms with Gasteiger partial charge in [-0.1, -0.05) is 37.6 Å². The number of hydrogen-bond donors (Lipinski definition) is 2. The van der Waals surface area contributed by atoms with E-state index < -0.39 is 0 Å². The summed E-state index contributed by atoms with van der Waals surface area (Å²) in [6.07, 6.45) is 9.58. The molecule has 1 aliphatic rings. The van der Waals surface area contributed by atoms with Crippen LogP contribution in [0, 0.1) is 16.7 Å². The van der Waals surface area contributed by atoms with Gasteiger partial charge in [-0.15, -0.1) is 16.4 Å². The zero-order valence-corrected chi connectivity index (χ0v) is 22.9. The summed E-state index contributed by atoms with van der Waals surface area (Å²) in [6, 6.07) is 8.37. The summed E-state index contributed by atoms with van der Waals surface area (Å²) in [5.41, 5.74) is 4.63. The molecule has 192 valence electrons. The van der Waals surface area contributed by atoms with E-state index in [2.05, 4.69) is 63.1 Å². The number of anilines is 2. The second-order valence-corrected chi connectivity index (χ2v) is 12.2. The highest BCUT2D eigenvalue weighted by Gasteiger charge is 2.28. The van der Waals surface area contributed by atoms with Gasteiger partial charge < -0.3 is 10.6 Å². The van der Waals surface area contributed by atoms with Gasteiger partial charge in [0.05, 0.1) is 44.8 Å². The lowest BCUT2D eigenvalue weighted by Gasteiger charge is -2.22. The van der Waals surface area contributed by atoms with E-state index in [1.54, 1.807) is 17.5 Å². The number of nitrogens with one attached hydrogen (secondary N) is 2. The molecule has 1 aromatic carbocycles. The van der Waals surface area contributed by atoms with Crippen LogP contribution >= 0.6 is 22.9 Å². The van der Waals surface area contributed by atoms with Crippen molar-refractivity contribution in [3.8, 4) is 6.07 Å². The number of halogens is 1. The number of nitrogens with zero attached hydrogens (tertiary/aromatic N) is 6. The molecule has 1 aliphatic carbocycles. The Balaban J connectivity index is 1.46. The molecule has 1 saturated carbocycles. The van der Waals surface area contributed by atoms with E-state index in [9.17, 15) is 5.26 Å². The standard InChI is InChI=1S/C28H27ClN8S/c1-28(2,3)15-33-25-16(10-30)11-32-26-20(25)8-17(9-22(26)29)34-27(23-13-37(36-35-23)18-4-5-18)21-14-38-24-12-31-7-6-19(21)24/h6-9,11-14,18,27,34H,4-5,15H2,1-3H3,(H,32,33)/t27-/m0/s1. The highest BCUT2D eigenvalue weighted by Crippen LogP contribution is 2.39. The van der Waals surface area contributed by atoms with Crippen LogP contribution in [0.25, 0.3) is 21.0 Å². The molecule has 10 heteroatoms. The van der Waals surface area contributed by atoms with E-state index in [1.807, 2.05) is 41.5 Å². The third kappa shape index (κ3) is 4.77. The van der Waals surface area contributed by atoms with E-state index >= 15 is 0 Å². The molecule has 4 aromatic heterocycles. The van der Waals surface area contributed by atoms with Crippen LogP contribution < -0.4 is 10.6 Å². The lowest BCUT2D eigenvalue weighted by molar-refractivity contribution is 0.443. The fourth-order valence-corrected chi connectivity index (χ4v) is 5.74. The fraction of sp³-hybridized carbons (Fsp3) is 0.321. The van der Waals surface area contributed by atoms with Crippen LogP contribution in [-0.2, 0) is 0 Å². The van der Waals surface area contributed by atoms with Gasteiger partial charge in [0.25, 0.3) is 0 Å². The van der Waals surface area contributed by atoms with Crippen LogP contribution in [0.5, 0.6) is 0 Å². The Kier molecular flexibility index (Phi) is 6.17. The fourth-order valence-electron chi connectivity index (χ4n) is 4.52. The Morgan fingerprint density at radius 3 is 2.84 bits per heavy atom. The molecular weight excluding hydrogens is 516 g/mol. The van der Waals surface area contributed by atoms with Crippen molar-refractivity contribution in [3.63, 3.8) is 0 Å². The Labute approximate surface area is 229 Å². The molecule has 0 aliphatic heterocycles.